The fraction of sp³-hybridized carbons (Fsp3) is 0.250. The number of nitrogens with one attached hydrogen (secondary N) is 1. The zero-order valence-corrected chi connectivity index (χ0v) is 15.3. The first kappa shape index (κ1) is 17.8. The number of fused-ring (bicyclic) bond motifs is 2. The maximum atomic E-state index is 12.3. The Morgan fingerprint density at radius 1 is 1.07 bits per heavy atom. The van der Waals surface area contributed by atoms with E-state index in [4.69, 9.17) is 14.2 Å². The van der Waals surface area contributed by atoms with Gasteiger partial charge in [-0.05, 0) is 37.3 Å². The van der Waals surface area contributed by atoms with Crippen molar-refractivity contribution in [1.82, 2.24) is 5.43 Å². The van der Waals surface area contributed by atoms with Gasteiger partial charge >= 0.3 is 0 Å². The van der Waals surface area contributed by atoms with E-state index in [1.807, 2.05) is 24.3 Å². The molecule has 2 amide bonds. The highest BCUT2D eigenvalue weighted by molar-refractivity contribution is 6.03. The quantitative estimate of drug-likeness (QED) is 0.644. The summed E-state index contributed by atoms with van der Waals surface area (Å²) in [6.07, 6.45) is 0. The van der Waals surface area contributed by atoms with Crippen LogP contribution in [-0.4, -0.2) is 43.9 Å². The molecule has 2 aliphatic rings. The molecule has 0 unspecified atom stereocenters. The number of hydrazone groups is 1. The van der Waals surface area contributed by atoms with Crippen LogP contribution >= 0.6 is 0 Å². The summed E-state index contributed by atoms with van der Waals surface area (Å²) in [5, 5.41) is 4.14. The second kappa shape index (κ2) is 7.59. The van der Waals surface area contributed by atoms with Gasteiger partial charge in [-0.25, -0.2) is 5.43 Å². The molecular weight excluding hydrogens is 362 g/mol. The van der Waals surface area contributed by atoms with Gasteiger partial charge in [-0.2, -0.15) is 5.10 Å². The molecule has 2 aromatic rings. The van der Waals surface area contributed by atoms with Gasteiger partial charge in [0, 0.05) is 5.56 Å². The van der Waals surface area contributed by atoms with Gasteiger partial charge < -0.3 is 14.2 Å². The van der Waals surface area contributed by atoms with E-state index in [-0.39, 0.29) is 19.1 Å². The van der Waals surface area contributed by atoms with Crippen molar-refractivity contribution in [3.05, 3.63) is 48.0 Å². The zero-order valence-electron chi connectivity index (χ0n) is 15.3. The molecule has 0 saturated carbocycles. The summed E-state index contributed by atoms with van der Waals surface area (Å²) in [6, 6.07) is 12.6. The molecule has 2 aliphatic heterocycles. The highest BCUT2D eigenvalue weighted by Crippen LogP contribution is 2.32. The molecular formula is C20H19N3O5. The lowest BCUT2D eigenvalue weighted by Crippen LogP contribution is -2.44. The number of nitrogens with zero attached hydrogens (tertiary/aromatic N) is 2. The van der Waals surface area contributed by atoms with Crippen molar-refractivity contribution in [1.29, 1.82) is 0 Å². The number of hydrogen-bond acceptors (Lipinski definition) is 6. The molecule has 1 N–H and O–H groups in total. The highest BCUT2D eigenvalue weighted by atomic mass is 16.6. The van der Waals surface area contributed by atoms with Crippen LogP contribution in [0.2, 0.25) is 0 Å². The van der Waals surface area contributed by atoms with Crippen LogP contribution in [0.3, 0.4) is 0 Å². The number of para-hydroxylation sites is 2. The summed E-state index contributed by atoms with van der Waals surface area (Å²) in [6.45, 7) is 2.57. The van der Waals surface area contributed by atoms with Gasteiger partial charge in [0.25, 0.3) is 11.8 Å². The predicted octanol–water partition coefficient (Wildman–Crippen LogP) is 1.72. The molecule has 2 heterocycles. The molecule has 0 atom stereocenters. The molecule has 8 nitrogen and oxygen atoms in total. The SMILES string of the molecule is C/C(=N/NC(=O)CN1C(=O)COc2ccccc21)c1ccc2c(c1)OCCO2. The molecule has 28 heavy (non-hydrogen) atoms. The third-order valence-electron chi connectivity index (χ3n) is 4.42. The number of benzene rings is 2. The Balaban J connectivity index is 1.43. The van der Waals surface area contributed by atoms with Crippen LogP contribution in [0, 0.1) is 0 Å². The van der Waals surface area contributed by atoms with Crippen molar-refractivity contribution < 1.29 is 23.8 Å². The fourth-order valence-electron chi connectivity index (χ4n) is 2.99. The van der Waals surface area contributed by atoms with Gasteiger partial charge in [-0.15, -0.1) is 0 Å². The first-order valence-corrected chi connectivity index (χ1v) is 8.87. The fourth-order valence-corrected chi connectivity index (χ4v) is 2.99. The van der Waals surface area contributed by atoms with E-state index >= 15 is 0 Å². The van der Waals surface area contributed by atoms with E-state index in [2.05, 4.69) is 10.5 Å². The van der Waals surface area contributed by atoms with Crippen molar-refractivity contribution in [3.63, 3.8) is 0 Å². The normalized spacial score (nSPS) is 15.5. The van der Waals surface area contributed by atoms with Gasteiger partial charge in [0.2, 0.25) is 0 Å². The standard InChI is InChI=1S/C20H19N3O5/c1-13(14-6-7-17-18(10-14)27-9-8-26-17)21-22-19(24)11-23-15-4-2-3-5-16(15)28-12-20(23)25/h2-7,10H,8-9,11-12H2,1H3,(H,22,24)/b21-13-. The molecule has 0 aromatic heterocycles. The smallest absolute Gasteiger partial charge is 0.265 e. The van der Waals surface area contributed by atoms with E-state index in [1.165, 1.54) is 4.90 Å². The van der Waals surface area contributed by atoms with Crippen LogP contribution < -0.4 is 24.5 Å². The Morgan fingerprint density at radius 3 is 2.71 bits per heavy atom. The maximum Gasteiger partial charge on any atom is 0.265 e. The minimum atomic E-state index is -0.401. The van der Waals surface area contributed by atoms with Crippen LogP contribution in [0.1, 0.15) is 12.5 Å². The zero-order chi connectivity index (χ0) is 19.5. The first-order valence-electron chi connectivity index (χ1n) is 8.87. The number of rotatable bonds is 4. The van der Waals surface area contributed by atoms with Crippen LogP contribution in [0.5, 0.6) is 17.2 Å². The molecule has 0 spiro atoms. The molecule has 0 aliphatic carbocycles. The van der Waals surface area contributed by atoms with Gasteiger partial charge in [-0.1, -0.05) is 12.1 Å². The molecule has 144 valence electrons. The maximum absolute atomic E-state index is 12.3. The number of carbonyl (C=O) groups excluding carboxylic acids is 2. The number of hydrogen-bond donors (Lipinski definition) is 1. The lowest BCUT2D eigenvalue weighted by Gasteiger charge is -2.28. The Hall–Kier alpha value is -3.55. The topological polar surface area (TPSA) is 89.5 Å². The van der Waals surface area contributed by atoms with Crippen LogP contribution in [0.25, 0.3) is 0 Å². The lowest BCUT2D eigenvalue weighted by atomic mass is 10.1. The van der Waals surface area contributed by atoms with Gasteiger partial charge in [-0.3, -0.25) is 14.5 Å². The molecule has 4 rings (SSSR count). The Bertz CT molecular complexity index is 957. The number of anilines is 1. The van der Waals surface area contributed by atoms with Crippen LogP contribution in [0.15, 0.2) is 47.6 Å². The second-order valence-electron chi connectivity index (χ2n) is 6.33. The van der Waals surface area contributed by atoms with E-state index < -0.39 is 5.91 Å². The van der Waals surface area contributed by atoms with Gasteiger partial charge in [0.05, 0.1) is 11.4 Å². The summed E-state index contributed by atoms with van der Waals surface area (Å²) >= 11 is 0. The second-order valence-corrected chi connectivity index (χ2v) is 6.33. The van der Waals surface area contributed by atoms with E-state index in [9.17, 15) is 9.59 Å². The summed E-state index contributed by atoms with van der Waals surface area (Å²) in [5.74, 6) is 1.24. The van der Waals surface area contributed by atoms with E-state index in [0.717, 1.165) is 5.56 Å². The minimum absolute atomic E-state index is 0.0935. The third-order valence-corrected chi connectivity index (χ3v) is 4.42. The lowest BCUT2D eigenvalue weighted by molar-refractivity contribution is -0.125. The minimum Gasteiger partial charge on any atom is -0.486 e. The summed E-state index contributed by atoms with van der Waals surface area (Å²) < 4.78 is 16.4. The molecule has 0 radical (unpaired) electrons. The monoisotopic (exact) mass is 381 g/mol. The Labute approximate surface area is 161 Å². The van der Waals surface area contributed by atoms with E-state index in [0.29, 0.717) is 41.9 Å². The van der Waals surface area contributed by atoms with Crippen molar-refractivity contribution in [2.75, 3.05) is 31.3 Å². The summed E-state index contributed by atoms with van der Waals surface area (Å²) in [7, 11) is 0. The molecule has 0 saturated heterocycles. The number of amides is 2. The van der Waals surface area contributed by atoms with Crippen molar-refractivity contribution in [3.8, 4) is 17.2 Å². The first-order chi connectivity index (χ1) is 13.6. The number of ether oxygens (including phenoxy) is 3. The predicted molar refractivity (Wildman–Crippen MR) is 102 cm³/mol. The average Bonchev–Trinajstić information content (AvgIpc) is 2.73. The molecule has 2 aromatic carbocycles. The Kier molecular flexibility index (Phi) is 4.84. The van der Waals surface area contributed by atoms with Crippen molar-refractivity contribution >= 4 is 23.2 Å². The average molecular weight is 381 g/mol. The van der Waals surface area contributed by atoms with E-state index in [1.54, 1.807) is 25.1 Å². The summed E-state index contributed by atoms with van der Waals surface area (Å²) in [4.78, 5) is 25.9. The summed E-state index contributed by atoms with van der Waals surface area (Å²) in [5.41, 5.74) is 4.49. The van der Waals surface area contributed by atoms with Crippen LogP contribution in [0.4, 0.5) is 5.69 Å². The highest BCUT2D eigenvalue weighted by Gasteiger charge is 2.26. The third kappa shape index (κ3) is 3.62. The van der Waals surface area contributed by atoms with Crippen molar-refractivity contribution in [2.24, 2.45) is 5.10 Å². The Morgan fingerprint density at radius 2 is 1.86 bits per heavy atom. The molecule has 8 heteroatoms. The van der Waals surface area contributed by atoms with Gasteiger partial charge in [0.1, 0.15) is 25.5 Å². The van der Waals surface area contributed by atoms with Crippen LogP contribution in [-0.2, 0) is 9.59 Å². The van der Waals surface area contributed by atoms with Crippen molar-refractivity contribution in [2.45, 2.75) is 6.92 Å². The largest absolute Gasteiger partial charge is 0.486 e. The number of carbonyl (C=O) groups is 2. The van der Waals surface area contributed by atoms with Gasteiger partial charge in [0.15, 0.2) is 18.1 Å². The molecule has 0 bridgehead atoms. The molecule has 0 fully saturated rings.